The van der Waals surface area contributed by atoms with Crippen LogP contribution >= 0.6 is 11.8 Å². The molecule has 2 amide bonds. The van der Waals surface area contributed by atoms with E-state index in [0.717, 1.165) is 17.0 Å². The molecular formula is C15H10FN3O4S. The highest BCUT2D eigenvalue weighted by Crippen LogP contribution is 2.33. The predicted molar refractivity (Wildman–Crippen MR) is 86.8 cm³/mol. The molecule has 122 valence electrons. The second-order valence-electron chi connectivity index (χ2n) is 4.92. The molecule has 0 fully saturated rings. The highest BCUT2D eigenvalue weighted by Gasteiger charge is 2.22. The highest BCUT2D eigenvalue weighted by molar-refractivity contribution is 8.00. The Bertz CT molecular complexity index is 872. The number of benzene rings is 2. The summed E-state index contributed by atoms with van der Waals surface area (Å²) >= 11 is 1.37. The Morgan fingerprint density at radius 2 is 2.08 bits per heavy atom. The van der Waals surface area contributed by atoms with Gasteiger partial charge in [-0.2, -0.15) is 0 Å². The second-order valence-corrected chi connectivity index (χ2v) is 5.94. The molecule has 1 aliphatic rings. The first-order chi connectivity index (χ1) is 11.4. The third-order valence-electron chi connectivity index (χ3n) is 3.27. The van der Waals surface area contributed by atoms with Crippen molar-refractivity contribution in [1.29, 1.82) is 0 Å². The quantitative estimate of drug-likeness (QED) is 0.656. The number of hydrogen-bond acceptors (Lipinski definition) is 5. The molecule has 0 radical (unpaired) electrons. The van der Waals surface area contributed by atoms with E-state index in [-0.39, 0.29) is 11.5 Å². The van der Waals surface area contributed by atoms with Crippen molar-refractivity contribution in [2.75, 3.05) is 16.4 Å². The smallest absolute Gasteiger partial charge is 0.285 e. The summed E-state index contributed by atoms with van der Waals surface area (Å²) in [6.07, 6.45) is 0. The zero-order valence-corrected chi connectivity index (χ0v) is 12.9. The largest absolute Gasteiger partial charge is 0.324 e. The number of nitro groups is 1. The average Bonchev–Trinajstić information content (AvgIpc) is 2.54. The molecule has 1 aliphatic heterocycles. The summed E-state index contributed by atoms with van der Waals surface area (Å²) in [7, 11) is 0. The summed E-state index contributed by atoms with van der Waals surface area (Å²) in [5.41, 5.74) is 0.0506. The van der Waals surface area contributed by atoms with E-state index < -0.39 is 22.3 Å². The van der Waals surface area contributed by atoms with Gasteiger partial charge in [0.05, 0.1) is 22.4 Å². The first kappa shape index (κ1) is 15.9. The molecule has 0 aromatic heterocycles. The van der Waals surface area contributed by atoms with Crippen LogP contribution in [-0.4, -0.2) is 22.5 Å². The van der Waals surface area contributed by atoms with E-state index in [2.05, 4.69) is 10.6 Å². The van der Waals surface area contributed by atoms with Crippen LogP contribution in [0.1, 0.15) is 10.4 Å². The number of nitro benzene ring substituents is 1. The van der Waals surface area contributed by atoms with Crippen LogP contribution in [0.25, 0.3) is 0 Å². The van der Waals surface area contributed by atoms with Crippen molar-refractivity contribution >= 4 is 40.6 Å². The molecule has 2 N–H and O–H groups in total. The number of nitrogens with zero attached hydrogens (tertiary/aromatic N) is 1. The van der Waals surface area contributed by atoms with Crippen molar-refractivity contribution < 1.29 is 18.9 Å². The van der Waals surface area contributed by atoms with Gasteiger partial charge in [0.25, 0.3) is 11.6 Å². The molecule has 0 saturated heterocycles. The molecule has 0 unspecified atom stereocenters. The Labute approximate surface area is 139 Å². The molecule has 0 bridgehead atoms. The zero-order valence-electron chi connectivity index (χ0n) is 12.0. The number of fused-ring (bicyclic) bond motifs is 1. The van der Waals surface area contributed by atoms with Crippen LogP contribution in [0, 0.1) is 15.9 Å². The van der Waals surface area contributed by atoms with Crippen LogP contribution in [0.15, 0.2) is 41.3 Å². The van der Waals surface area contributed by atoms with E-state index in [1.165, 1.54) is 11.8 Å². The molecule has 2 aromatic rings. The molecule has 9 heteroatoms. The van der Waals surface area contributed by atoms with Crippen LogP contribution in [0.4, 0.5) is 21.5 Å². The van der Waals surface area contributed by atoms with Gasteiger partial charge in [-0.15, -0.1) is 11.8 Å². The summed E-state index contributed by atoms with van der Waals surface area (Å²) in [5, 5.41) is 16.2. The minimum Gasteiger partial charge on any atom is -0.324 e. The van der Waals surface area contributed by atoms with E-state index in [0.29, 0.717) is 23.2 Å². The molecule has 0 spiro atoms. The van der Waals surface area contributed by atoms with Crippen molar-refractivity contribution in [3.8, 4) is 0 Å². The minimum absolute atomic E-state index is 0.148. The number of amides is 2. The maximum atomic E-state index is 13.1. The van der Waals surface area contributed by atoms with Crippen molar-refractivity contribution in [2.45, 2.75) is 4.90 Å². The lowest BCUT2D eigenvalue weighted by molar-refractivity contribution is -0.385. The Kier molecular flexibility index (Phi) is 4.17. The number of carbonyl (C=O) groups excluding carboxylic acids is 2. The SMILES string of the molecule is O=C1CSc2ccc(NC(=O)c3ccc(F)cc3[N+](=O)[O-])cc2N1. The number of hydrogen-bond donors (Lipinski definition) is 2. The lowest BCUT2D eigenvalue weighted by atomic mass is 10.1. The predicted octanol–water partition coefficient (Wildman–Crippen LogP) is 3.03. The third-order valence-corrected chi connectivity index (χ3v) is 4.34. The molecular weight excluding hydrogens is 337 g/mol. The van der Waals surface area contributed by atoms with E-state index in [1.807, 2.05) is 0 Å². The van der Waals surface area contributed by atoms with Crippen molar-refractivity contribution in [1.82, 2.24) is 0 Å². The fraction of sp³-hybridized carbons (Fsp3) is 0.0667. The summed E-state index contributed by atoms with van der Waals surface area (Å²) in [6, 6.07) is 7.64. The maximum Gasteiger partial charge on any atom is 0.285 e. The number of carbonyl (C=O) groups is 2. The highest BCUT2D eigenvalue weighted by atomic mass is 32.2. The third kappa shape index (κ3) is 3.20. The molecule has 0 saturated carbocycles. The molecule has 24 heavy (non-hydrogen) atoms. The lowest BCUT2D eigenvalue weighted by Gasteiger charge is -2.17. The lowest BCUT2D eigenvalue weighted by Crippen LogP contribution is -2.19. The molecule has 1 heterocycles. The van der Waals surface area contributed by atoms with Crippen LogP contribution in [0.3, 0.4) is 0 Å². The first-order valence-corrected chi connectivity index (χ1v) is 7.74. The molecule has 0 aliphatic carbocycles. The maximum absolute atomic E-state index is 13.1. The standard InChI is InChI=1S/C15H10FN3O4S/c16-8-1-3-10(12(5-8)19(22)23)15(21)17-9-2-4-13-11(6-9)18-14(20)7-24-13/h1-6H,7H2,(H,17,21)(H,18,20). The Morgan fingerprint density at radius 3 is 2.83 bits per heavy atom. The number of rotatable bonds is 3. The van der Waals surface area contributed by atoms with E-state index in [4.69, 9.17) is 0 Å². The summed E-state index contributed by atoms with van der Waals surface area (Å²) < 4.78 is 13.1. The number of thioether (sulfide) groups is 1. The Morgan fingerprint density at radius 1 is 1.29 bits per heavy atom. The first-order valence-electron chi connectivity index (χ1n) is 6.76. The summed E-state index contributed by atoms with van der Waals surface area (Å²) in [6.45, 7) is 0. The zero-order chi connectivity index (χ0) is 17.3. The number of nitrogens with one attached hydrogen (secondary N) is 2. The van der Waals surface area contributed by atoms with Gasteiger partial charge >= 0.3 is 0 Å². The van der Waals surface area contributed by atoms with Gasteiger partial charge in [-0.1, -0.05) is 0 Å². The Balaban J connectivity index is 1.87. The monoisotopic (exact) mass is 347 g/mol. The summed E-state index contributed by atoms with van der Waals surface area (Å²) in [4.78, 5) is 34.7. The van der Waals surface area contributed by atoms with Gasteiger partial charge in [-0.3, -0.25) is 19.7 Å². The van der Waals surface area contributed by atoms with E-state index in [9.17, 15) is 24.1 Å². The molecule has 3 rings (SSSR count). The van der Waals surface area contributed by atoms with Gasteiger partial charge < -0.3 is 10.6 Å². The van der Waals surface area contributed by atoms with Gasteiger partial charge in [0.15, 0.2) is 0 Å². The number of halogens is 1. The van der Waals surface area contributed by atoms with E-state index >= 15 is 0 Å². The van der Waals surface area contributed by atoms with Crippen molar-refractivity contribution in [3.05, 3.63) is 57.9 Å². The molecule has 2 aromatic carbocycles. The van der Waals surface area contributed by atoms with Gasteiger partial charge in [0.1, 0.15) is 11.4 Å². The normalized spacial score (nSPS) is 13.0. The molecule has 0 atom stereocenters. The van der Waals surface area contributed by atoms with Crippen LogP contribution in [0.5, 0.6) is 0 Å². The Hall–Kier alpha value is -2.94. The van der Waals surface area contributed by atoms with Crippen LogP contribution < -0.4 is 10.6 Å². The van der Waals surface area contributed by atoms with Crippen LogP contribution in [0.2, 0.25) is 0 Å². The minimum atomic E-state index is -0.818. The van der Waals surface area contributed by atoms with E-state index in [1.54, 1.807) is 18.2 Å². The van der Waals surface area contributed by atoms with Gasteiger partial charge in [0.2, 0.25) is 5.91 Å². The second kappa shape index (κ2) is 6.28. The molecule has 7 nitrogen and oxygen atoms in total. The van der Waals surface area contributed by atoms with Gasteiger partial charge in [-0.25, -0.2) is 4.39 Å². The van der Waals surface area contributed by atoms with Gasteiger partial charge in [-0.05, 0) is 30.3 Å². The van der Waals surface area contributed by atoms with Crippen molar-refractivity contribution in [2.24, 2.45) is 0 Å². The topological polar surface area (TPSA) is 101 Å². The summed E-state index contributed by atoms with van der Waals surface area (Å²) in [5.74, 6) is -1.37. The fourth-order valence-corrected chi connectivity index (χ4v) is 3.00. The fourth-order valence-electron chi connectivity index (χ4n) is 2.21. The van der Waals surface area contributed by atoms with Crippen LogP contribution in [-0.2, 0) is 4.79 Å². The number of anilines is 2. The van der Waals surface area contributed by atoms with Gasteiger partial charge in [0, 0.05) is 10.6 Å². The van der Waals surface area contributed by atoms with Crippen molar-refractivity contribution in [3.63, 3.8) is 0 Å². The average molecular weight is 347 g/mol.